The quantitative estimate of drug-likeness (QED) is 0.752. The lowest BCUT2D eigenvalue weighted by Crippen LogP contribution is -2.55. The van der Waals surface area contributed by atoms with E-state index in [-0.39, 0.29) is 0 Å². The number of benzene rings is 1. The molecule has 0 radical (unpaired) electrons. The monoisotopic (exact) mass is 360 g/mol. The minimum Gasteiger partial charge on any atom is -0.463 e. The Morgan fingerprint density at radius 2 is 1.92 bits per heavy atom. The molecule has 1 aromatic rings. The zero-order chi connectivity index (χ0) is 17.7. The highest BCUT2D eigenvalue weighted by Gasteiger charge is 2.54. The highest BCUT2D eigenvalue weighted by atomic mass is 32.2. The first-order valence-electron chi connectivity index (χ1n) is 7.33. The Labute approximate surface area is 142 Å². The summed E-state index contributed by atoms with van der Waals surface area (Å²) in [4.78, 5) is 22.9. The number of halogens is 2. The second kappa shape index (κ2) is 7.94. The molecule has 24 heavy (non-hydrogen) atoms. The maximum absolute atomic E-state index is 14.4. The van der Waals surface area contributed by atoms with Gasteiger partial charge in [-0.3, -0.25) is 9.59 Å². The van der Waals surface area contributed by atoms with Crippen LogP contribution >= 0.6 is 11.8 Å². The molecule has 0 amide bonds. The van der Waals surface area contributed by atoms with Gasteiger partial charge >= 0.3 is 11.9 Å². The van der Waals surface area contributed by atoms with E-state index in [2.05, 4.69) is 0 Å². The van der Waals surface area contributed by atoms with Crippen LogP contribution in [0.25, 0.3) is 0 Å². The summed E-state index contributed by atoms with van der Waals surface area (Å²) in [5.41, 5.74) is -0.852. The van der Waals surface area contributed by atoms with Crippen LogP contribution < -0.4 is 0 Å². The molecule has 3 atom stereocenters. The van der Waals surface area contributed by atoms with Gasteiger partial charge in [0, 0.05) is 18.7 Å². The number of carbonyl (C=O) groups excluding carboxylic acids is 2. The SMILES string of the molecule is CC(=O)OC[C@H]1O[C@H](Sc2ccccc2)CC(F)(F)[C@@H]1OC(C)=O. The van der Waals surface area contributed by atoms with Crippen molar-refractivity contribution in [3.8, 4) is 0 Å². The lowest BCUT2D eigenvalue weighted by atomic mass is 10.0. The van der Waals surface area contributed by atoms with Gasteiger partial charge in [0.05, 0.1) is 6.42 Å². The molecule has 2 rings (SSSR count). The topological polar surface area (TPSA) is 61.8 Å². The van der Waals surface area contributed by atoms with E-state index in [1.54, 1.807) is 24.3 Å². The summed E-state index contributed by atoms with van der Waals surface area (Å²) in [7, 11) is 0. The fourth-order valence-corrected chi connectivity index (χ4v) is 3.43. The van der Waals surface area contributed by atoms with Crippen LogP contribution in [0.2, 0.25) is 0 Å². The van der Waals surface area contributed by atoms with Crippen LogP contribution in [0.1, 0.15) is 20.3 Å². The molecule has 1 heterocycles. The normalized spacial score (nSPS) is 25.8. The molecule has 132 valence electrons. The van der Waals surface area contributed by atoms with Crippen molar-refractivity contribution in [2.24, 2.45) is 0 Å². The number of hydrogen-bond acceptors (Lipinski definition) is 6. The number of ether oxygens (including phenoxy) is 3. The van der Waals surface area contributed by atoms with E-state index in [0.29, 0.717) is 0 Å². The summed E-state index contributed by atoms with van der Waals surface area (Å²) in [6.07, 6.45) is -3.63. The van der Waals surface area contributed by atoms with Crippen molar-refractivity contribution in [1.82, 2.24) is 0 Å². The molecule has 1 aliphatic rings. The van der Waals surface area contributed by atoms with Crippen LogP contribution in [0.3, 0.4) is 0 Å². The second-order valence-electron chi connectivity index (χ2n) is 5.33. The highest BCUT2D eigenvalue weighted by Crippen LogP contribution is 2.41. The van der Waals surface area contributed by atoms with Crippen molar-refractivity contribution in [2.45, 2.75) is 48.7 Å². The lowest BCUT2D eigenvalue weighted by Gasteiger charge is -2.40. The van der Waals surface area contributed by atoms with E-state index in [0.717, 1.165) is 30.5 Å². The van der Waals surface area contributed by atoms with E-state index in [4.69, 9.17) is 14.2 Å². The molecule has 1 fully saturated rings. The molecule has 0 N–H and O–H groups in total. The Bertz CT molecular complexity index is 581. The molecule has 1 aromatic carbocycles. The van der Waals surface area contributed by atoms with Crippen LogP contribution in [-0.2, 0) is 23.8 Å². The van der Waals surface area contributed by atoms with E-state index in [9.17, 15) is 18.4 Å². The molecule has 0 bridgehead atoms. The average Bonchev–Trinajstić information content (AvgIpc) is 2.48. The lowest BCUT2D eigenvalue weighted by molar-refractivity contribution is -0.240. The van der Waals surface area contributed by atoms with Gasteiger partial charge in [-0.25, -0.2) is 8.78 Å². The van der Waals surface area contributed by atoms with Gasteiger partial charge in [0.2, 0.25) is 0 Å². The van der Waals surface area contributed by atoms with Crippen molar-refractivity contribution in [3.63, 3.8) is 0 Å². The molecular formula is C16H18F2O5S. The Morgan fingerprint density at radius 3 is 2.50 bits per heavy atom. The smallest absolute Gasteiger partial charge is 0.303 e. The Kier molecular flexibility index (Phi) is 6.17. The molecular weight excluding hydrogens is 342 g/mol. The third kappa shape index (κ3) is 5.17. The van der Waals surface area contributed by atoms with Crippen LogP contribution in [0.5, 0.6) is 0 Å². The number of hydrogen-bond donors (Lipinski definition) is 0. The van der Waals surface area contributed by atoms with Crippen molar-refractivity contribution in [1.29, 1.82) is 0 Å². The highest BCUT2D eigenvalue weighted by molar-refractivity contribution is 7.99. The van der Waals surface area contributed by atoms with Crippen molar-refractivity contribution in [2.75, 3.05) is 6.61 Å². The van der Waals surface area contributed by atoms with E-state index < -0.39 is 48.5 Å². The first kappa shape index (κ1) is 18.7. The molecule has 0 aliphatic carbocycles. The Hall–Kier alpha value is -1.67. The van der Waals surface area contributed by atoms with Gasteiger partial charge < -0.3 is 14.2 Å². The zero-order valence-corrected chi connectivity index (χ0v) is 14.1. The minimum absolute atomic E-state index is 0.408. The van der Waals surface area contributed by atoms with E-state index in [1.807, 2.05) is 6.07 Å². The molecule has 8 heteroatoms. The van der Waals surface area contributed by atoms with Crippen LogP contribution in [0.4, 0.5) is 8.78 Å². The molecule has 0 saturated carbocycles. The molecule has 1 saturated heterocycles. The largest absolute Gasteiger partial charge is 0.463 e. The maximum atomic E-state index is 14.4. The van der Waals surface area contributed by atoms with Crippen LogP contribution in [-0.4, -0.2) is 42.1 Å². The molecule has 5 nitrogen and oxygen atoms in total. The molecule has 1 aliphatic heterocycles. The number of thioether (sulfide) groups is 1. The third-order valence-corrected chi connectivity index (χ3v) is 4.36. The van der Waals surface area contributed by atoms with Gasteiger partial charge in [-0.1, -0.05) is 30.0 Å². The molecule has 0 unspecified atom stereocenters. The summed E-state index contributed by atoms with van der Waals surface area (Å²) in [6, 6.07) is 8.97. The number of rotatable bonds is 5. The summed E-state index contributed by atoms with van der Waals surface area (Å²) >= 11 is 1.14. The third-order valence-electron chi connectivity index (χ3n) is 3.27. The van der Waals surface area contributed by atoms with Gasteiger partial charge in [-0.2, -0.15) is 0 Å². The van der Waals surface area contributed by atoms with Crippen molar-refractivity contribution < 1.29 is 32.6 Å². The predicted octanol–water partition coefficient (Wildman–Crippen LogP) is 3.02. The van der Waals surface area contributed by atoms with Gasteiger partial charge in [0.1, 0.15) is 18.1 Å². The molecule has 0 spiro atoms. The summed E-state index contributed by atoms with van der Waals surface area (Å²) in [6.45, 7) is 1.80. The van der Waals surface area contributed by atoms with Crippen LogP contribution in [0, 0.1) is 0 Å². The van der Waals surface area contributed by atoms with Crippen molar-refractivity contribution >= 4 is 23.7 Å². The number of esters is 2. The van der Waals surface area contributed by atoms with Gasteiger partial charge in [-0.05, 0) is 12.1 Å². The van der Waals surface area contributed by atoms with Gasteiger partial charge in [-0.15, -0.1) is 0 Å². The maximum Gasteiger partial charge on any atom is 0.303 e. The standard InChI is InChI=1S/C16H18F2O5S/c1-10(19)21-9-13-15(22-11(2)20)16(17,18)8-14(23-13)24-12-6-4-3-5-7-12/h3-7,13-15H,8-9H2,1-2H3/t13-,14-,15-/m1/s1. The number of alkyl halides is 2. The zero-order valence-electron chi connectivity index (χ0n) is 13.2. The summed E-state index contributed by atoms with van der Waals surface area (Å²) < 4.78 is 44.0. The second-order valence-corrected chi connectivity index (χ2v) is 6.57. The van der Waals surface area contributed by atoms with Gasteiger partial charge in [0.25, 0.3) is 5.92 Å². The predicted molar refractivity (Wildman–Crippen MR) is 82.7 cm³/mol. The number of carbonyl (C=O) groups is 2. The summed E-state index contributed by atoms with van der Waals surface area (Å²) in [5.74, 6) is -4.76. The molecule has 0 aromatic heterocycles. The van der Waals surface area contributed by atoms with E-state index in [1.165, 1.54) is 0 Å². The fourth-order valence-electron chi connectivity index (χ4n) is 2.31. The Balaban J connectivity index is 2.14. The van der Waals surface area contributed by atoms with Crippen LogP contribution in [0.15, 0.2) is 35.2 Å². The van der Waals surface area contributed by atoms with Crippen molar-refractivity contribution in [3.05, 3.63) is 30.3 Å². The minimum atomic E-state index is -3.29. The van der Waals surface area contributed by atoms with Gasteiger partial charge in [0.15, 0.2) is 6.10 Å². The first-order valence-corrected chi connectivity index (χ1v) is 8.21. The summed E-state index contributed by atoms with van der Waals surface area (Å²) in [5, 5.41) is 0. The average molecular weight is 360 g/mol. The fraction of sp³-hybridized carbons (Fsp3) is 0.500. The van der Waals surface area contributed by atoms with E-state index >= 15 is 0 Å². The Morgan fingerprint density at radius 1 is 1.25 bits per heavy atom. The first-order chi connectivity index (χ1) is 11.3.